The zero-order valence-corrected chi connectivity index (χ0v) is 13.7. The molecular weight excluding hydrogens is 329 g/mol. The third-order valence-corrected chi connectivity index (χ3v) is 3.79. The van der Waals surface area contributed by atoms with Crippen molar-refractivity contribution in [3.05, 3.63) is 28.5 Å². The number of ether oxygens (including phenoxy) is 1. The first-order valence-electron chi connectivity index (χ1n) is 7.01. The molecule has 1 fully saturated rings. The van der Waals surface area contributed by atoms with E-state index >= 15 is 0 Å². The number of benzene rings is 1. The molecule has 0 spiro atoms. The standard InChI is InChI=1S/C14H17ClFN3O2S/c1-2-21-13(20)9-7-12(11(16)8-10(9)15)18-14(22)19-6-4-3-5-17-19/h7-8,17H,2-6H2,1H3,(H,18,22). The first-order valence-corrected chi connectivity index (χ1v) is 7.79. The average Bonchev–Trinajstić information content (AvgIpc) is 2.51. The summed E-state index contributed by atoms with van der Waals surface area (Å²) in [5, 5.41) is 4.89. The Hall–Kier alpha value is -1.44. The van der Waals surface area contributed by atoms with Gasteiger partial charge in [-0.05, 0) is 44.1 Å². The summed E-state index contributed by atoms with van der Waals surface area (Å²) in [6.45, 7) is 3.46. The zero-order chi connectivity index (χ0) is 16.1. The predicted octanol–water partition coefficient (Wildman–Crippen LogP) is 2.95. The smallest absolute Gasteiger partial charge is 0.339 e. The highest BCUT2D eigenvalue weighted by atomic mass is 35.5. The Balaban J connectivity index is 2.17. The molecule has 120 valence electrons. The van der Waals surface area contributed by atoms with E-state index in [1.165, 1.54) is 6.07 Å². The third kappa shape index (κ3) is 4.06. The molecule has 0 saturated carbocycles. The summed E-state index contributed by atoms with van der Waals surface area (Å²) >= 11 is 11.1. The molecule has 1 saturated heterocycles. The van der Waals surface area contributed by atoms with Crippen molar-refractivity contribution in [3.63, 3.8) is 0 Å². The molecule has 0 bridgehead atoms. The van der Waals surface area contributed by atoms with Crippen LogP contribution in [-0.2, 0) is 4.74 Å². The average molecular weight is 346 g/mol. The van der Waals surface area contributed by atoms with Crippen molar-refractivity contribution in [2.45, 2.75) is 19.8 Å². The third-order valence-electron chi connectivity index (χ3n) is 3.15. The fraction of sp³-hybridized carbons (Fsp3) is 0.429. The molecule has 0 atom stereocenters. The Labute approximate surface area is 138 Å². The lowest BCUT2D eigenvalue weighted by molar-refractivity contribution is 0.0526. The van der Waals surface area contributed by atoms with Crippen molar-refractivity contribution in [2.24, 2.45) is 0 Å². The van der Waals surface area contributed by atoms with E-state index in [1.54, 1.807) is 11.9 Å². The van der Waals surface area contributed by atoms with E-state index in [1.807, 2.05) is 0 Å². The van der Waals surface area contributed by atoms with Crippen LogP contribution in [0.2, 0.25) is 5.02 Å². The molecule has 2 rings (SSSR count). The van der Waals surface area contributed by atoms with E-state index in [2.05, 4.69) is 10.7 Å². The summed E-state index contributed by atoms with van der Waals surface area (Å²) in [4.78, 5) is 11.8. The van der Waals surface area contributed by atoms with E-state index < -0.39 is 11.8 Å². The Morgan fingerprint density at radius 2 is 2.32 bits per heavy atom. The van der Waals surface area contributed by atoms with Crippen molar-refractivity contribution >= 4 is 40.6 Å². The van der Waals surface area contributed by atoms with Crippen molar-refractivity contribution in [1.82, 2.24) is 10.4 Å². The maximum absolute atomic E-state index is 14.0. The van der Waals surface area contributed by atoms with Crippen molar-refractivity contribution < 1.29 is 13.9 Å². The van der Waals surface area contributed by atoms with Crippen LogP contribution < -0.4 is 10.7 Å². The van der Waals surface area contributed by atoms with Crippen LogP contribution >= 0.6 is 23.8 Å². The van der Waals surface area contributed by atoms with Gasteiger partial charge in [0.1, 0.15) is 5.82 Å². The number of esters is 1. The predicted molar refractivity (Wildman–Crippen MR) is 87.5 cm³/mol. The number of nitrogens with zero attached hydrogens (tertiary/aromatic N) is 1. The Kier molecular flexibility index (Phi) is 5.93. The molecule has 2 N–H and O–H groups in total. The molecule has 1 aromatic rings. The molecule has 22 heavy (non-hydrogen) atoms. The molecule has 0 unspecified atom stereocenters. The van der Waals surface area contributed by atoms with Gasteiger partial charge in [-0.3, -0.25) is 5.01 Å². The van der Waals surface area contributed by atoms with Crippen LogP contribution in [0, 0.1) is 5.82 Å². The Morgan fingerprint density at radius 1 is 1.55 bits per heavy atom. The van der Waals surface area contributed by atoms with E-state index in [-0.39, 0.29) is 22.9 Å². The van der Waals surface area contributed by atoms with E-state index in [0.717, 1.165) is 32.0 Å². The van der Waals surface area contributed by atoms with Gasteiger partial charge in [0.15, 0.2) is 5.11 Å². The highest BCUT2D eigenvalue weighted by molar-refractivity contribution is 7.80. The number of carbonyl (C=O) groups excluding carboxylic acids is 1. The summed E-state index contributed by atoms with van der Waals surface area (Å²) in [5.41, 5.74) is 3.30. The van der Waals surface area contributed by atoms with Crippen LogP contribution in [0.3, 0.4) is 0 Å². The molecular formula is C14H17ClFN3O2S. The molecule has 0 radical (unpaired) electrons. The van der Waals surface area contributed by atoms with Gasteiger partial charge in [-0.2, -0.15) is 0 Å². The molecule has 5 nitrogen and oxygen atoms in total. The highest BCUT2D eigenvalue weighted by Gasteiger charge is 2.18. The molecule has 1 aliphatic heterocycles. The number of rotatable bonds is 3. The summed E-state index contributed by atoms with van der Waals surface area (Å²) < 4.78 is 18.9. The molecule has 8 heteroatoms. The molecule has 1 aromatic carbocycles. The van der Waals surface area contributed by atoms with Gasteiger partial charge >= 0.3 is 5.97 Å². The van der Waals surface area contributed by atoms with Gasteiger partial charge < -0.3 is 10.1 Å². The minimum absolute atomic E-state index is 0.00326. The fourth-order valence-corrected chi connectivity index (χ4v) is 2.55. The monoisotopic (exact) mass is 345 g/mol. The molecule has 1 aliphatic rings. The topological polar surface area (TPSA) is 53.6 Å². The van der Waals surface area contributed by atoms with Gasteiger partial charge in [0.25, 0.3) is 0 Å². The van der Waals surface area contributed by atoms with E-state index in [0.29, 0.717) is 5.11 Å². The number of carbonyl (C=O) groups is 1. The number of halogens is 2. The van der Waals surface area contributed by atoms with E-state index in [9.17, 15) is 9.18 Å². The lowest BCUT2D eigenvalue weighted by Crippen LogP contribution is -2.48. The van der Waals surface area contributed by atoms with Crippen LogP contribution in [0.15, 0.2) is 12.1 Å². The SMILES string of the molecule is CCOC(=O)c1cc(NC(=S)N2CCCCN2)c(F)cc1Cl. The molecule has 0 amide bonds. The number of hydrogen-bond acceptors (Lipinski definition) is 4. The van der Waals surface area contributed by atoms with Gasteiger partial charge in [-0.25, -0.2) is 14.6 Å². The maximum Gasteiger partial charge on any atom is 0.339 e. The second-order valence-corrected chi connectivity index (χ2v) is 5.52. The fourth-order valence-electron chi connectivity index (χ4n) is 2.05. The highest BCUT2D eigenvalue weighted by Crippen LogP contribution is 2.25. The van der Waals surface area contributed by atoms with Crippen LogP contribution in [0.1, 0.15) is 30.1 Å². The number of nitrogens with one attached hydrogen (secondary N) is 2. The zero-order valence-electron chi connectivity index (χ0n) is 12.1. The lowest BCUT2D eigenvalue weighted by atomic mass is 10.2. The normalized spacial score (nSPS) is 14.6. The van der Waals surface area contributed by atoms with Crippen LogP contribution in [-0.4, -0.2) is 35.8 Å². The van der Waals surface area contributed by atoms with Crippen molar-refractivity contribution in [2.75, 3.05) is 25.0 Å². The first kappa shape index (κ1) is 16.9. The minimum atomic E-state index is -0.599. The number of hydrogen-bond donors (Lipinski definition) is 2. The second-order valence-electron chi connectivity index (χ2n) is 4.73. The Morgan fingerprint density at radius 3 is 2.95 bits per heavy atom. The quantitative estimate of drug-likeness (QED) is 0.649. The summed E-state index contributed by atoms with van der Waals surface area (Å²) in [7, 11) is 0. The number of hydrazine groups is 1. The Bertz CT molecular complexity index is 579. The second kappa shape index (κ2) is 7.71. The summed E-state index contributed by atoms with van der Waals surface area (Å²) in [6.07, 6.45) is 2.08. The van der Waals surface area contributed by atoms with Crippen molar-refractivity contribution in [3.8, 4) is 0 Å². The summed E-state index contributed by atoms with van der Waals surface area (Å²) in [5.74, 6) is -1.19. The van der Waals surface area contributed by atoms with Gasteiger partial charge in [0, 0.05) is 13.1 Å². The molecule has 0 aliphatic carbocycles. The largest absolute Gasteiger partial charge is 0.462 e. The molecule has 0 aromatic heterocycles. The van der Waals surface area contributed by atoms with Gasteiger partial charge in [-0.15, -0.1) is 0 Å². The van der Waals surface area contributed by atoms with Crippen LogP contribution in [0.5, 0.6) is 0 Å². The minimum Gasteiger partial charge on any atom is -0.462 e. The van der Waals surface area contributed by atoms with Crippen LogP contribution in [0.25, 0.3) is 0 Å². The lowest BCUT2D eigenvalue weighted by Gasteiger charge is -2.30. The van der Waals surface area contributed by atoms with Gasteiger partial charge in [-0.1, -0.05) is 11.6 Å². The van der Waals surface area contributed by atoms with Gasteiger partial charge in [0.2, 0.25) is 0 Å². The maximum atomic E-state index is 14.0. The number of thiocarbonyl (C=S) groups is 1. The van der Waals surface area contributed by atoms with Crippen molar-refractivity contribution in [1.29, 1.82) is 0 Å². The summed E-state index contributed by atoms with van der Waals surface area (Å²) in [6, 6.07) is 2.38. The van der Waals surface area contributed by atoms with Crippen LogP contribution in [0.4, 0.5) is 10.1 Å². The molecule has 1 heterocycles. The van der Waals surface area contributed by atoms with Gasteiger partial charge in [0.05, 0.1) is 22.9 Å². The first-order chi connectivity index (χ1) is 10.5. The number of anilines is 1. The van der Waals surface area contributed by atoms with E-state index in [4.69, 9.17) is 28.6 Å².